The summed E-state index contributed by atoms with van der Waals surface area (Å²) in [7, 11) is 0. The van der Waals surface area contributed by atoms with E-state index in [1.54, 1.807) is 18.2 Å². The monoisotopic (exact) mass is 304 g/mol. The summed E-state index contributed by atoms with van der Waals surface area (Å²) >= 11 is 0. The van der Waals surface area contributed by atoms with Gasteiger partial charge in [-0.3, -0.25) is 9.59 Å². The van der Waals surface area contributed by atoms with Gasteiger partial charge in [-0.15, -0.1) is 0 Å². The molecule has 2 aliphatic heterocycles. The number of phenols is 1. The Morgan fingerprint density at radius 1 is 1.32 bits per heavy atom. The number of benzene rings is 1. The number of aromatic hydroxyl groups is 1. The van der Waals surface area contributed by atoms with Crippen LogP contribution in [-0.4, -0.2) is 47.6 Å². The Hall–Kier alpha value is -2.08. The molecule has 2 amide bonds. The third-order valence-corrected chi connectivity index (χ3v) is 4.27. The van der Waals surface area contributed by atoms with Crippen LogP contribution in [0.2, 0.25) is 0 Å². The lowest BCUT2D eigenvalue weighted by atomic mass is 10.1. The third kappa shape index (κ3) is 3.22. The largest absolute Gasteiger partial charge is 0.508 e. The number of ether oxygens (including phenoxy) is 1. The average molecular weight is 304 g/mol. The predicted molar refractivity (Wildman–Crippen MR) is 80.4 cm³/mol. The molecule has 6 nitrogen and oxygen atoms in total. The minimum atomic E-state index is -0.335. The quantitative estimate of drug-likeness (QED) is 0.883. The van der Waals surface area contributed by atoms with Crippen molar-refractivity contribution >= 4 is 17.5 Å². The molecule has 1 unspecified atom stereocenters. The van der Waals surface area contributed by atoms with Crippen molar-refractivity contribution in [2.24, 2.45) is 5.92 Å². The fraction of sp³-hybridized carbons (Fsp3) is 0.500. The standard InChI is InChI=1S/C16H20N2O4/c19-14-3-1-2-12(9-14)17-16(21)11-8-15(20)18(10-11)13-4-6-22-7-5-13/h1-3,9,11,13,19H,4-8,10H2,(H,17,21). The molecule has 22 heavy (non-hydrogen) atoms. The van der Waals surface area contributed by atoms with E-state index in [1.165, 1.54) is 6.07 Å². The number of rotatable bonds is 3. The van der Waals surface area contributed by atoms with Crippen LogP contribution in [0.4, 0.5) is 5.69 Å². The Labute approximate surface area is 129 Å². The Balaban J connectivity index is 1.61. The van der Waals surface area contributed by atoms with Gasteiger partial charge < -0.3 is 20.1 Å². The van der Waals surface area contributed by atoms with Gasteiger partial charge in [0.25, 0.3) is 0 Å². The molecule has 3 rings (SSSR count). The van der Waals surface area contributed by atoms with Crippen molar-refractivity contribution in [3.05, 3.63) is 24.3 Å². The number of carbonyl (C=O) groups is 2. The molecule has 2 fully saturated rings. The van der Waals surface area contributed by atoms with Crippen LogP contribution in [-0.2, 0) is 14.3 Å². The van der Waals surface area contributed by atoms with Crippen LogP contribution < -0.4 is 5.32 Å². The number of amides is 2. The normalized spacial score (nSPS) is 22.8. The fourth-order valence-electron chi connectivity index (χ4n) is 3.08. The number of phenolic OH excluding ortho intramolecular Hbond substituents is 1. The van der Waals surface area contributed by atoms with E-state index in [1.807, 2.05) is 4.90 Å². The van der Waals surface area contributed by atoms with Gasteiger partial charge >= 0.3 is 0 Å². The van der Waals surface area contributed by atoms with Gasteiger partial charge in [0.15, 0.2) is 0 Å². The van der Waals surface area contributed by atoms with Gasteiger partial charge in [-0.25, -0.2) is 0 Å². The summed E-state index contributed by atoms with van der Waals surface area (Å²) < 4.78 is 5.32. The number of hydrogen-bond acceptors (Lipinski definition) is 4. The van der Waals surface area contributed by atoms with Gasteiger partial charge in [-0.1, -0.05) is 6.07 Å². The van der Waals surface area contributed by atoms with Gasteiger partial charge in [-0.05, 0) is 25.0 Å². The number of anilines is 1. The highest BCUT2D eigenvalue weighted by Crippen LogP contribution is 2.26. The first-order valence-electron chi connectivity index (χ1n) is 7.60. The minimum Gasteiger partial charge on any atom is -0.508 e. The zero-order valence-electron chi connectivity index (χ0n) is 12.3. The minimum absolute atomic E-state index is 0.0444. The molecule has 2 aliphatic rings. The first kappa shape index (κ1) is 14.8. The van der Waals surface area contributed by atoms with Crippen molar-refractivity contribution in [1.29, 1.82) is 0 Å². The molecule has 2 heterocycles. The topological polar surface area (TPSA) is 78.9 Å². The van der Waals surface area contributed by atoms with E-state index in [4.69, 9.17) is 4.74 Å². The highest BCUT2D eigenvalue weighted by atomic mass is 16.5. The lowest BCUT2D eigenvalue weighted by Gasteiger charge is -2.31. The maximum atomic E-state index is 12.3. The Kier molecular flexibility index (Phi) is 4.29. The molecule has 6 heteroatoms. The molecule has 1 aromatic carbocycles. The van der Waals surface area contributed by atoms with Crippen molar-refractivity contribution in [2.45, 2.75) is 25.3 Å². The third-order valence-electron chi connectivity index (χ3n) is 4.27. The number of carbonyl (C=O) groups excluding carboxylic acids is 2. The summed E-state index contributed by atoms with van der Waals surface area (Å²) in [4.78, 5) is 26.3. The van der Waals surface area contributed by atoms with E-state index >= 15 is 0 Å². The zero-order valence-corrected chi connectivity index (χ0v) is 12.3. The molecule has 0 spiro atoms. The van der Waals surface area contributed by atoms with Crippen LogP contribution in [0.3, 0.4) is 0 Å². The molecule has 2 N–H and O–H groups in total. The van der Waals surface area contributed by atoms with Gasteiger partial charge in [0, 0.05) is 44.0 Å². The number of nitrogens with one attached hydrogen (secondary N) is 1. The summed E-state index contributed by atoms with van der Waals surface area (Å²) in [6.45, 7) is 1.82. The van der Waals surface area contributed by atoms with Crippen molar-refractivity contribution in [2.75, 3.05) is 25.1 Å². The molecule has 1 atom stereocenters. The zero-order chi connectivity index (χ0) is 15.5. The maximum Gasteiger partial charge on any atom is 0.229 e. The number of nitrogens with zero attached hydrogens (tertiary/aromatic N) is 1. The van der Waals surface area contributed by atoms with Gasteiger partial charge in [-0.2, -0.15) is 0 Å². The SMILES string of the molecule is O=C(Nc1cccc(O)c1)C1CC(=O)N(C2CCOCC2)C1. The van der Waals surface area contributed by atoms with Crippen LogP contribution in [0.15, 0.2) is 24.3 Å². The Morgan fingerprint density at radius 2 is 2.09 bits per heavy atom. The molecule has 0 radical (unpaired) electrons. The Bertz CT molecular complexity index is 569. The van der Waals surface area contributed by atoms with Crippen molar-refractivity contribution in [1.82, 2.24) is 4.90 Å². The molecule has 0 saturated carbocycles. The molecule has 2 saturated heterocycles. The predicted octanol–water partition coefficient (Wildman–Crippen LogP) is 1.36. The number of hydrogen-bond donors (Lipinski definition) is 2. The summed E-state index contributed by atoms with van der Waals surface area (Å²) in [6, 6.07) is 6.61. The van der Waals surface area contributed by atoms with Crippen LogP contribution >= 0.6 is 0 Å². The second-order valence-corrected chi connectivity index (χ2v) is 5.83. The van der Waals surface area contributed by atoms with E-state index in [9.17, 15) is 14.7 Å². The van der Waals surface area contributed by atoms with E-state index in [0.29, 0.717) is 25.4 Å². The second-order valence-electron chi connectivity index (χ2n) is 5.83. The van der Waals surface area contributed by atoms with Crippen LogP contribution in [0.5, 0.6) is 5.75 Å². The van der Waals surface area contributed by atoms with E-state index < -0.39 is 0 Å². The smallest absolute Gasteiger partial charge is 0.229 e. The first-order chi connectivity index (χ1) is 10.6. The van der Waals surface area contributed by atoms with E-state index in [2.05, 4.69) is 5.32 Å². The lowest BCUT2D eigenvalue weighted by Crippen LogP contribution is -2.41. The lowest BCUT2D eigenvalue weighted by molar-refractivity contribution is -0.131. The van der Waals surface area contributed by atoms with Gasteiger partial charge in [0.05, 0.1) is 5.92 Å². The van der Waals surface area contributed by atoms with Crippen LogP contribution in [0.1, 0.15) is 19.3 Å². The van der Waals surface area contributed by atoms with Crippen molar-refractivity contribution in [3.8, 4) is 5.75 Å². The molecular formula is C16H20N2O4. The summed E-state index contributed by atoms with van der Waals surface area (Å²) in [5, 5.41) is 12.2. The van der Waals surface area contributed by atoms with Gasteiger partial charge in [0.1, 0.15) is 5.75 Å². The number of likely N-dealkylation sites (tertiary alicyclic amines) is 1. The molecule has 0 aromatic heterocycles. The van der Waals surface area contributed by atoms with Crippen molar-refractivity contribution in [3.63, 3.8) is 0 Å². The van der Waals surface area contributed by atoms with E-state index in [-0.39, 0.29) is 35.9 Å². The summed E-state index contributed by atoms with van der Waals surface area (Å²) in [5.74, 6) is -0.363. The Morgan fingerprint density at radius 3 is 2.82 bits per heavy atom. The van der Waals surface area contributed by atoms with Crippen LogP contribution in [0, 0.1) is 5.92 Å². The van der Waals surface area contributed by atoms with Crippen LogP contribution in [0.25, 0.3) is 0 Å². The average Bonchev–Trinajstić information content (AvgIpc) is 2.90. The molecule has 0 bridgehead atoms. The summed E-state index contributed by atoms with van der Waals surface area (Å²) in [5.41, 5.74) is 0.543. The second kappa shape index (κ2) is 6.36. The highest BCUT2D eigenvalue weighted by molar-refractivity contribution is 5.97. The van der Waals surface area contributed by atoms with E-state index in [0.717, 1.165) is 12.8 Å². The fourth-order valence-corrected chi connectivity index (χ4v) is 3.08. The van der Waals surface area contributed by atoms with Gasteiger partial charge in [0.2, 0.25) is 11.8 Å². The molecule has 118 valence electrons. The highest BCUT2D eigenvalue weighted by Gasteiger charge is 2.38. The van der Waals surface area contributed by atoms with Crippen molar-refractivity contribution < 1.29 is 19.4 Å². The summed E-state index contributed by atoms with van der Waals surface area (Å²) in [6.07, 6.45) is 1.93. The first-order valence-corrected chi connectivity index (χ1v) is 7.60. The molecule has 0 aliphatic carbocycles. The maximum absolute atomic E-state index is 12.3. The molecular weight excluding hydrogens is 284 g/mol. The molecule has 1 aromatic rings.